The molecule has 1 N–H and O–H groups in total. The Hall–Kier alpha value is -4.37. The molecule has 1 aliphatic rings. The lowest BCUT2D eigenvalue weighted by Crippen LogP contribution is -2.29. The molecule has 1 aromatic heterocycles. The summed E-state index contributed by atoms with van der Waals surface area (Å²) in [7, 11) is 1.27. The molecule has 1 saturated heterocycles. The van der Waals surface area contributed by atoms with Crippen LogP contribution in [0.1, 0.15) is 33.1 Å². The Balaban J connectivity index is 1.70. The van der Waals surface area contributed by atoms with Crippen LogP contribution in [-0.4, -0.2) is 34.9 Å². The van der Waals surface area contributed by atoms with Gasteiger partial charge >= 0.3 is 11.9 Å². The van der Waals surface area contributed by atoms with Crippen LogP contribution < -0.4 is 4.90 Å². The zero-order valence-corrected chi connectivity index (χ0v) is 20.0. The minimum atomic E-state index is -1.02. The van der Waals surface area contributed by atoms with Crippen LogP contribution in [0.15, 0.2) is 72.3 Å². The SMILES string of the molecule is COC(=O)c1ccc([C@H]2/C(=C(\O)c3ccc(F)cc3)C(=O)C(=O)N2c2nc3ccc(C)cc3s2)cc1. The van der Waals surface area contributed by atoms with E-state index in [0.29, 0.717) is 11.1 Å². The van der Waals surface area contributed by atoms with E-state index < -0.39 is 35.3 Å². The summed E-state index contributed by atoms with van der Waals surface area (Å²) in [5.41, 5.74) is 2.47. The smallest absolute Gasteiger partial charge is 0.337 e. The number of aliphatic hydroxyl groups is 1. The quantitative estimate of drug-likeness (QED) is 0.179. The van der Waals surface area contributed by atoms with Gasteiger partial charge in [-0.25, -0.2) is 14.2 Å². The molecule has 3 aromatic carbocycles. The second-order valence-corrected chi connectivity index (χ2v) is 9.27. The average Bonchev–Trinajstić information content (AvgIpc) is 3.41. The molecule has 1 atom stereocenters. The largest absolute Gasteiger partial charge is 0.507 e. The summed E-state index contributed by atoms with van der Waals surface area (Å²) >= 11 is 1.25. The third-order valence-electron chi connectivity index (χ3n) is 5.95. The molecule has 0 spiro atoms. The van der Waals surface area contributed by atoms with Crippen molar-refractivity contribution in [2.24, 2.45) is 0 Å². The fourth-order valence-corrected chi connectivity index (χ4v) is 5.24. The van der Waals surface area contributed by atoms with E-state index in [4.69, 9.17) is 4.74 Å². The summed E-state index contributed by atoms with van der Waals surface area (Å²) in [6, 6.07) is 15.8. The molecule has 0 saturated carbocycles. The maximum absolute atomic E-state index is 13.5. The fourth-order valence-electron chi connectivity index (χ4n) is 4.15. The van der Waals surface area contributed by atoms with Gasteiger partial charge in [0, 0.05) is 5.56 Å². The number of esters is 1. The topological polar surface area (TPSA) is 96.8 Å². The molecule has 1 amide bonds. The summed E-state index contributed by atoms with van der Waals surface area (Å²) < 4.78 is 19.1. The molecular weight excluding hydrogens is 483 g/mol. The van der Waals surface area contributed by atoms with Crippen molar-refractivity contribution in [3.05, 3.63) is 100 Å². The number of benzene rings is 3. The number of halogens is 1. The number of amides is 1. The number of aryl methyl sites for hydroxylation is 1. The Bertz CT molecular complexity index is 1560. The molecule has 180 valence electrons. The first kappa shape index (κ1) is 23.4. The lowest BCUT2D eigenvalue weighted by atomic mass is 9.95. The van der Waals surface area contributed by atoms with E-state index in [1.54, 1.807) is 12.1 Å². The molecule has 1 fully saturated rings. The van der Waals surface area contributed by atoms with Crippen molar-refractivity contribution >= 4 is 50.1 Å². The highest BCUT2D eigenvalue weighted by Crippen LogP contribution is 2.44. The van der Waals surface area contributed by atoms with E-state index in [-0.39, 0.29) is 21.8 Å². The fraction of sp³-hybridized carbons (Fsp3) is 0.111. The van der Waals surface area contributed by atoms with Crippen LogP contribution in [0.3, 0.4) is 0 Å². The minimum absolute atomic E-state index is 0.159. The van der Waals surface area contributed by atoms with Gasteiger partial charge in [-0.3, -0.25) is 14.5 Å². The standard InChI is InChI=1S/C27H19FN2O5S/c1-14-3-12-19-20(13-14)36-27(29-19)30-22(15-4-6-17(7-5-15)26(34)35-2)21(24(32)25(30)33)23(31)16-8-10-18(28)11-9-16/h3-13,22,31H,1-2H3/b23-21+/t22-/m0/s1. The molecule has 4 aromatic rings. The summed E-state index contributed by atoms with van der Waals surface area (Å²) in [5, 5.41) is 11.4. The second-order valence-electron chi connectivity index (χ2n) is 8.26. The van der Waals surface area contributed by atoms with E-state index in [2.05, 4.69) is 4.98 Å². The molecule has 0 radical (unpaired) electrons. The Morgan fingerprint density at radius 2 is 1.69 bits per heavy atom. The number of carbonyl (C=O) groups is 3. The number of methoxy groups -OCH3 is 1. The van der Waals surface area contributed by atoms with E-state index in [9.17, 15) is 23.9 Å². The molecule has 9 heteroatoms. The molecule has 7 nitrogen and oxygen atoms in total. The summed E-state index contributed by atoms with van der Waals surface area (Å²) in [6.45, 7) is 1.94. The minimum Gasteiger partial charge on any atom is -0.507 e. The van der Waals surface area contributed by atoms with E-state index >= 15 is 0 Å². The number of hydrogen-bond acceptors (Lipinski definition) is 7. The van der Waals surface area contributed by atoms with Crippen molar-refractivity contribution in [2.75, 3.05) is 12.0 Å². The van der Waals surface area contributed by atoms with Crippen LogP contribution in [0.4, 0.5) is 9.52 Å². The van der Waals surface area contributed by atoms with Gasteiger partial charge in [0.1, 0.15) is 11.6 Å². The number of anilines is 1. The maximum Gasteiger partial charge on any atom is 0.337 e. The highest BCUT2D eigenvalue weighted by molar-refractivity contribution is 7.22. The number of ether oxygens (including phenoxy) is 1. The zero-order valence-electron chi connectivity index (χ0n) is 19.2. The number of ketones is 1. The number of fused-ring (bicyclic) bond motifs is 1. The lowest BCUT2D eigenvalue weighted by Gasteiger charge is -2.23. The van der Waals surface area contributed by atoms with Gasteiger partial charge in [0.2, 0.25) is 0 Å². The zero-order chi connectivity index (χ0) is 25.6. The van der Waals surface area contributed by atoms with Crippen LogP contribution in [0.25, 0.3) is 16.0 Å². The predicted octanol–water partition coefficient (Wildman–Crippen LogP) is 5.16. The van der Waals surface area contributed by atoms with Gasteiger partial charge in [-0.15, -0.1) is 0 Å². The number of rotatable bonds is 4. The van der Waals surface area contributed by atoms with Gasteiger partial charge in [0.05, 0.1) is 34.5 Å². The Kier molecular flexibility index (Phi) is 5.85. The summed E-state index contributed by atoms with van der Waals surface area (Å²) in [5.74, 6) is -3.23. The first-order chi connectivity index (χ1) is 17.3. The molecular formula is C27H19FN2O5S. The number of aliphatic hydroxyl groups excluding tert-OH is 1. The predicted molar refractivity (Wildman–Crippen MR) is 133 cm³/mol. The maximum atomic E-state index is 13.5. The van der Waals surface area contributed by atoms with Crippen molar-refractivity contribution in [3.8, 4) is 0 Å². The van der Waals surface area contributed by atoms with Gasteiger partial charge in [0.15, 0.2) is 5.13 Å². The van der Waals surface area contributed by atoms with Crippen LogP contribution in [0.5, 0.6) is 0 Å². The summed E-state index contributed by atoms with van der Waals surface area (Å²) in [4.78, 5) is 44.3. The molecule has 2 heterocycles. The van der Waals surface area contributed by atoms with Gasteiger partial charge in [-0.2, -0.15) is 0 Å². The van der Waals surface area contributed by atoms with Gasteiger partial charge < -0.3 is 9.84 Å². The Morgan fingerprint density at radius 3 is 2.36 bits per heavy atom. The van der Waals surface area contributed by atoms with E-state index in [1.165, 1.54) is 47.6 Å². The van der Waals surface area contributed by atoms with Crippen LogP contribution >= 0.6 is 11.3 Å². The van der Waals surface area contributed by atoms with Crippen molar-refractivity contribution in [1.82, 2.24) is 4.98 Å². The Morgan fingerprint density at radius 1 is 1.03 bits per heavy atom. The van der Waals surface area contributed by atoms with E-state index in [1.807, 2.05) is 25.1 Å². The van der Waals surface area contributed by atoms with Crippen LogP contribution in [-0.2, 0) is 14.3 Å². The molecule has 0 aliphatic carbocycles. The highest BCUT2D eigenvalue weighted by Gasteiger charge is 2.48. The molecule has 0 unspecified atom stereocenters. The number of hydrogen-bond donors (Lipinski definition) is 1. The number of nitrogens with zero attached hydrogens (tertiary/aromatic N) is 2. The van der Waals surface area contributed by atoms with Crippen molar-refractivity contribution < 1.29 is 28.6 Å². The van der Waals surface area contributed by atoms with Crippen molar-refractivity contribution in [3.63, 3.8) is 0 Å². The molecule has 0 bridgehead atoms. The average molecular weight is 503 g/mol. The number of aromatic nitrogens is 1. The number of carbonyl (C=O) groups excluding carboxylic acids is 3. The first-order valence-corrected chi connectivity index (χ1v) is 11.7. The summed E-state index contributed by atoms with van der Waals surface area (Å²) in [6.07, 6.45) is 0. The van der Waals surface area contributed by atoms with Gasteiger partial charge in [0.25, 0.3) is 5.78 Å². The number of Topliss-reactive ketones (excluding diaryl/α,β-unsaturated/α-hetero) is 1. The van der Waals surface area contributed by atoms with Crippen molar-refractivity contribution in [1.29, 1.82) is 0 Å². The third kappa shape index (κ3) is 3.93. The number of thiazole rings is 1. The molecule has 5 rings (SSSR count). The second kappa shape index (κ2) is 9.01. The monoisotopic (exact) mass is 502 g/mol. The first-order valence-electron chi connectivity index (χ1n) is 10.9. The van der Waals surface area contributed by atoms with E-state index in [0.717, 1.165) is 22.4 Å². The molecule has 36 heavy (non-hydrogen) atoms. The van der Waals surface area contributed by atoms with Crippen molar-refractivity contribution in [2.45, 2.75) is 13.0 Å². The highest BCUT2D eigenvalue weighted by atomic mass is 32.1. The Labute approximate surface area is 209 Å². The normalized spacial score (nSPS) is 17.1. The van der Waals surface area contributed by atoms with Crippen LogP contribution in [0.2, 0.25) is 0 Å². The molecule has 1 aliphatic heterocycles. The van der Waals surface area contributed by atoms with Crippen LogP contribution in [0, 0.1) is 12.7 Å². The van der Waals surface area contributed by atoms with Gasteiger partial charge in [-0.05, 0) is 66.6 Å². The van der Waals surface area contributed by atoms with Gasteiger partial charge in [-0.1, -0.05) is 29.5 Å². The lowest BCUT2D eigenvalue weighted by molar-refractivity contribution is -0.132. The third-order valence-corrected chi connectivity index (χ3v) is 6.97.